The molecule has 1 heterocycles. The van der Waals surface area contributed by atoms with E-state index < -0.39 is 11.4 Å². The minimum absolute atomic E-state index is 0.0912. The zero-order valence-electron chi connectivity index (χ0n) is 20.7. The van der Waals surface area contributed by atoms with Gasteiger partial charge in [-0.3, -0.25) is 4.79 Å². The first-order valence-corrected chi connectivity index (χ1v) is 12.1. The van der Waals surface area contributed by atoms with Gasteiger partial charge in [0.05, 0.1) is 0 Å². The van der Waals surface area contributed by atoms with Gasteiger partial charge in [-0.1, -0.05) is 82.7 Å². The van der Waals surface area contributed by atoms with Crippen LogP contribution in [0.15, 0.2) is 73.0 Å². The second-order valence-electron chi connectivity index (χ2n) is 10.6. The quantitative estimate of drug-likeness (QED) is 0.391. The molecule has 4 nitrogen and oxygen atoms in total. The van der Waals surface area contributed by atoms with Gasteiger partial charge in [0.15, 0.2) is 0 Å². The summed E-state index contributed by atoms with van der Waals surface area (Å²) >= 11 is 0. The largest absolute Gasteiger partial charge is 0.492 e. The fourth-order valence-electron chi connectivity index (χ4n) is 4.78. The van der Waals surface area contributed by atoms with Gasteiger partial charge < -0.3 is 14.4 Å². The molecule has 4 heteroatoms. The molecule has 0 spiro atoms. The predicted molar refractivity (Wildman–Crippen MR) is 139 cm³/mol. The number of aryl methyl sites for hydroxylation is 1. The van der Waals surface area contributed by atoms with E-state index in [0.717, 1.165) is 41.8 Å². The Morgan fingerprint density at radius 2 is 1.88 bits per heavy atom. The summed E-state index contributed by atoms with van der Waals surface area (Å²) in [7, 11) is 0. The highest BCUT2D eigenvalue weighted by Crippen LogP contribution is 2.39. The summed E-state index contributed by atoms with van der Waals surface area (Å²) in [5, 5.41) is 11.4. The van der Waals surface area contributed by atoms with Crippen LogP contribution in [0.5, 0.6) is 5.75 Å². The third kappa shape index (κ3) is 4.96. The average Bonchev–Trinajstić information content (AvgIpc) is 3.20. The molecule has 0 saturated carbocycles. The molecule has 1 aromatic heterocycles. The molecule has 4 rings (SSSR count). The smallest absolute Gasteiger partial charge is 0.317 e. The van der Waals surface area contributed by atoms with Crippen molar-refractivity contribution in [2.24, 2.45) is 10.8 Å². The summed E-state index contributed by atoms with van der Waals surface area (Å²) < 4.78 is 8.63. The van der Waals surface area contributed by atoms with Crippen molar-refractivity contribution in [1.82, 2.24) is 4.57 Å². The molecule has 0 aliphatic heterocycles. The number of rotatable bonds is 8. The highest BCUT2D eigenvalue weighted by Gasteiger charge is 2.39. The second kappa shape index (κ2) is 9.54. The van der Waals surface area contributed by atoms with Gasteiger partial charge in [0.25, 0.3) is 0 Å². The van der Waals surface area contributed by atoms with Gasteiger partial charge in [-0.25, -0.2) is 0 Å². The zero-order chi connectivity index (χ0) is 24.3. The van der Waals surface area contributed by atoms with Crippen LogP contribution in [0.4, 0.5) is 0 Å². The molecule has 2 aromatic carbocycles. The maximum absolute atomic E-state index is 12.5. The van der Waals surface area contributed by atoms with E-state index in [1.165, 1.54) is 10.9 Å². The third-order valence-electron chi connectivity index (χ3n) is 6.44. The number of allylic oxidation sites excluding steroid dienone is 3. The number of carboxylic acids is 1. The van der Waals surface area contributed by atoms with Crippen LogP contribution < -0.4 is 4.74 Å². The molecule has 1 aliphatic carbocycles. The number of carboxylic acid groups (broad SMARTS) is 1. The number of aromatic nitrogens is 1. The third-order valence-corrected chi connectivity index (χ3v) is 6.44. The minimum Gasteiger partial charge on any atom is -0.492 e. The second-order valence-corrected chi connectivity index (χ2v) is 10.6. The summed E-state index contributed by atoms with van der Waals surface area (Å²) in [6, 6.07) is 16.3. The Labute approximate surface area is 202 Å². The van der Waals surface area contributed by atoms with Crippen molar-refractivity contribution in [2.45, 2.75) is 53.5 Å². The summed E-state index contributed by atoms with van der Waals surface area (Å²) in [6.07, 6.45) is 10.1. The predicted octanol–water partition coefficient (Wildman–Crippen LogP) is 7.13. The number of aliphatic carboxylic acids is 1. The number of hydrogen-bond donors (Lipinski definition) is 1. The topological polar surface area (TPSA) is 51.5 Å². The van der Waals surface area contributed by atoms with Crippen LogP contribution in [0.2, 0.25) is 0 Å². The van der Waals surface area contributed by atoms with Crippen molar-refractivity contribution in [3.8, 4) is 5.75 Å². The monoisotopic (exact) mass is 457 g/mol. The molecule has 0 saturated heterocycles. The van der Waals surface area contributed by atoms with Gasteiger partial charge >= 0.3 is 5.97 Å². The van der Waals surface area contributed by atoms with Gasteiger partial charge in [0.1, 0.15) is 17.8 Å². The standard InChI is InChI=1S/C30H35NO3/c1-5-10-25-24-16-18-31(20-29(2,3)4)26(24)14-15-27(25)34-21-30(28(32)33)17-9-13-23(19-30)22-11-7-6-8-12-22/h6-9,11-18H,5,10,19-21H2,1-4H3,(H,32,33). The van der Waals surface area contributed by atoms with Gasteiger partial charge in [0.2, 0.25) is 0 Å². The van der Waals surface area contributed by atoms with Gasteiger partial charge in [-0.15, -0.1) is 0 Å². The van der Waals surface area contributed by atoms with Gasteiger partial charge in [-0.05, 0) is 47.6 Å². The SMILES string of the molecule is CCCc1c(OCC2(C(=O)O)C=CC=C(c3ccccc3)C2)ccc2c1ccn2CC(C)(C)C. The number of benzene rings is 2. The van der Waals surface area contributed by atoms with E-state index >= 15 is 0 Å². The number of nitrogens with zero attached hydrogens (tertiary/aromatic N) is 1. The molecule has 178 valence electrons. The number of hydrogen-bond acceptors (Lipinski definition) is 2. The van der Waals surface area contributed by atoms with Crippen LogP contribution in [0.1, 0.15) is 51.7 Å². The summed E-state index contributed by atoms with van der Waals surface area (Å²) in [4.78, 5) is 12.5. The van der Waals surface area contributed by atoms with Gasteiger partial charge in [0, 0.05) is 29.2 Å². The Balaban J connectivity index is 1.62. The molecule has 1 N–H and O–H groups in total. The fourth-order valence-corrected chi connectivity index (χ4v) is 4.78. The molecule has 34 heavy (non-hydrogen) atoms. The molecule has 1 atom stereocenters. The van der Waals surface area contributed by atoms with Crippen molar-refractivity contribution >= 4 is 22.4 Å². The summed E-state index contributed by atoms with van der Waals surface area (Å²) in [5.41, 5.74) is 3.49. The van der Waals surface area contributed by atoms with E-state index in [1.807, 2.05) is 48.6 Å². The maximum atomic E-state index is 12.5. The lowest BCUT2D eigenvalue weighted by molar-refractivity contribution is -0.147. The highest BCUT2D eigenvalue weighted by molar-refractivity contribution is 5.86. The molecule has 0 amide bonds. The van der Waals surface area contributed by atoms with E-state index in [4.69, 9.17) is 4.74 Å². The van der Waals surface area contributed by atoms with E-state index in [2.05, 4.69) is 50.6 Å². The molecule has 3 aromatic rings. The Bertz CT molecular complexity index is 1230. The molecule has 1 unspecified atom stereocenters. The number of carbonyl (C=O) groups is 1. The summed E-state index contributed by atoms with van der Waals surface area (Å²) in [6.45, 7) is 9.91. The lowest BCUT2D eigenvalue weighted by atomic mass is 9.77. The fraction of sp³-hybridized carbons (Fsp3) is 0.367. The lowest BCUT2D eigenvalue weighted by Gasteiger charge is -2.30. The summed E-state index contributed by atoms with van der Waals surface area (Å²) in [5.74, 6) is -0.0765. The number of fused-ring (bicyclic) bond motifs is 1. The molecule has 0 radical (unpaired) electrons. The van der Waals surface area contributed by atoms with E-state index in [0.29, 0.717) is 6.42 Å². The van der Waals surface area contributed by atoms with E-state index in [-0.39, 0.29) is 12.0 Å². The van der Waals surface area contributed by atoms with Crippen molar-refractivity contribution < 1.29 is 14.6 Å². The Morgan fingerprint density at radius 1 is 1.12 bits per heavy atom. The first-order valence-electron chi connectivity index (χ1n) is 12.1. The normalized spacial score (nSPS) is 18.2. The van der Waals surface area contributed by atoms with Crippen molar-refractivity contribution in [3.05, 3.63) is 84.1 Å². The maximum Gasteiger partial charge on any atom is 0.317 e. The van der Waals surface area contributed by atoms with E-state index in [9.17, 15) is 9.90 Å². The zero-order valence-corrected chi connectivity index (χ0v) is 20.7. The van der Waals surface area contributed by atoms with E-state index in [1.54, 1.807) is 6.08 Å². The van der Waals surface area contributed by atoms with Crippen LogP contribution >= 0.6 is 0 Å². The molecule has 0 bridgehead atoms. The van der Waals surface area contributed by atoms with Crippen LogP contribution in [0.25, 0.3) is 16.5 Å². The molecule has 0 fully saturated rings. The van der Waals surface area contributed by atoms with Crippen LogP contribution in [-0.4, -0.2) is 22.2 Å². The highest BCUT2D eigenvalue weighted by atomic mass is 16.5. The average molecular weight is 458 g/mol. The first-order chi connectivity index (χ1) is 16.2. The Morgan fingerprint density at radius 3 is 2.56 bits per heavy atom. The van der Waals surface area contributed by atoms with Crippen molar-refractivity contribution in [2.75, 3.05) is 6.61 Å². The first kappa shape index (κ1) is 23.9. The lowest BCUT2D eigenvalue weighted by Crippen LogP contribution is -2.36. The van der Waals surface area contributed by atoms with Crippen LogP contribution in [-0.2, 0) is 17.8 Å². The number of ether oxygens (including phenoxy) is 1. The Hall–Kier alpha value is -3.27. The molecule has 1 aliphatic rings. The minimum atomic E-state index is -1.10. The van der Waals surface area contributed by atoms with Crippen molar-refractivity contribution in [3.63, 3.8) is 0 Å². The van der Waals surface area contributed by atoms with Crippen LogP contribution in [0, 0.1) is 10.8 Å². The Kier molecular flexibility index (Phi) is 6.70. The van der Waals surface area contributed by atoms with Crippen LogP contribution in [0.3, 0.4) is 0 Å². The van der Waals surface area contributed by atoms with Crippen molar-refractivity contribution in [1.29, 1.82) is 0 Å². The molecular formula is C30H35NO3. The van der Waals surface area contributed by atoms with Gasteiger partial charge in [-0.2, -0.15) is 0 Å². The molecular weight excluding hydrogens is 422 g/mol.